The van der Waals surface area contributed by atoms with Crippen molar-refractivity contribution in [3.63, 3.8) is 0 Å². The molecule has 23 heavy (non-hydrogen) atoms. The van der Waals surface area contributed by atoms with E-state index in [1.807, 2.05) is 0 Å². The SMILES string of the molecule is Cc1sc(NCC(F)(F)F)nc1-c1ccc2c(c1)NC(=O)CO2. The standard InChI is InChI=1S/C14H12F3N3O2S/c1-7-12(20-13(23-7)18-6-14(15,16)17)8-2-3-10-9(4-8)19-11(21)5-22-10/h2-4H,5-6H2,1H3,(H,18,20)(H,19,21). The topological polar surface area (TPSA) is 63.2 Å². The molecule has 1 aliphatic heterocycles. The summed E-state index contributed by atoms with van der Waals surface area (Å²) in [6.07, 6.45) is -4.30. The number of fused-ring (bicyclic) bond motifs is 1. The quantitative estimate of drug-likeness (QED) is 0.896. The lowest BCUT2D eigenvalue weighted by Crippen LogP contribution is -2.25. The van der Waals surface area contributed by atoms with Crippen LogP contribution in [0.2, 0.25) is 0 Å². The van der Waals surface area contributed by atoms with E-state index in [9.17, 15) is 18.0 Å². The lowest BCUT2D eigenvalue weighted by molar-refractivity contribution is -0.118. The van der Waals surface area contributed by atoms with Crippen LogP contribution in [0.25, 0.3) is 11.3 Å². The monoisotopic (exact) mass is 343 g/mol. The normalized spacial score (nSPS) is 14.0. The summed E-state index contributed by atoms with van der Waals surface area (Å²) in [6, 6.07) is 5.15. The molecule has 1 aromatic carbocycles. The minimum absolute atomic E-state index is 0.0341. The van der Waals surface area contributed by atoms with E-state index in [0.717, 1.165) is 16.2 Å². The zero-order valence-electron chi connectivity index (χ0n) is 12.0. The zero-order valence-corrected chi connectivity index (χ0v) is 12.8. The lowest BCUT2D eigenvalue weighted by atomic mass is 10.1. The van der Waals surface area contributed by atoms with Crippen molar-refractivity contribution in [2.24, 2.45) is 0 Å². The van der Waals surface area contributed by atoms with Crippen LogP contribution in [0.4, 0.5) is 24.0 Å². The summed E-state index contributed by atoms with van der Waals surface area (Å²) in [6.45, 7) is 0.612. The van der Waals surface area contributed by atoms with E-state index >= 15 is 0 Å². The van der Waals surface area contributed by atoms with Crippen LogP contribution in [-0.4, -0.2) is 30.2 Å². The molecule has 0 atom stereocenters. The zero-order chi connectivity index (χ0) is 16.6. The Morgan fingerprint density at radius 3 is 2.96 bits per heavy atom. The Hall–Kier alpha value is -2.29. The van der Waals surface area contributed by atoms with Gasteiger partial charge < -0.3 is 15.4 Å². The first-order chi connectivity index (χ1) is 10.8. The molecule has 0 aliphatic carbocycles. The Balaban J connectivity index is 1.86. The van der Waals surface area contributed by atoms with Gasteiger partial charge in [0.05, 0.1) is 11.4 Å². The molecule has 2 N–H and O–H groups in total. The summed E-state index contributed by atoms with van der Waals surface area (Å²) >= 11 is 1.15. The Labute approximate surface area is 133 Å². The summed E-state index contributed by atoms with van der Waals surface area (Å²) in [5.74, 6) is 0.300. The van der Waals surface area contributed by atoms with Crippen molar-refractivity contribution in [1.82, 2.24) is 4.98 Å². The number of carbonyl (C=O) groups excluding carboxylic acids is 1. The van der Waals surface area contributed by atoms with Gasteiger partial charge in [0.25, 0.3) is 5.91 Å². The third kappa shape index (κ3) is 3.55. The number of halogens is 3. The molecular weight excluding hydrogens is 331 g/mol. The molecule has 0 saturated heterocycles. The second kappa shape index (κ2) is 5.73. The fourth-order valence-electron chi connectivity index (χ4n) is 2.15. The van der Waals surface area contributed by atoms with E-state index in [1.54, 1.807) is 25.1 Å². The van der Waals surface area contributed by atoms with Crippen molar-refractivity contribution in [1.29, 1.82) is 0 Å². The first kappa shape index (κ1) is 15.6. The number of amides is 1. The summed E-state index contributed by atoms with van der Waals surface area (Å²) < 4.78 is 42.0. The van der Waals surface area contributed by atoms with E-state index < -0.39 is 12.7 Å². The molecule has 1 aliphatic rings. The second-order valence-corrected chi connectivity index (χ2v) is 6.14. The largest absolute Gasteiger partial charge is 0.482 e. The van der Waals surface area contributed by atoms with Gasteiger partial charge in [-0.1, -0.05) is 0 Å². The fourth-order valence-corrected chi connectivity index (χ4v) is 2.98. The van der Waals surface area contributed by atoms with Crippen molar-refractivity contribution in [3.8, 4) is 17.0 Å². The minimum Gasteiger partial charge on any atom is -0.482 e. The molecule has 1 aromatic heterocycles. The summed E-state index contributed by atoms with van der Waals surface area (Å²) in [4.78, 5) is 16.3. The van der Waals surface area contributed by atoms with Gasteiger partial charge in [-0.3, -0.25) is 4.79 Å². The Morgan fingerprint density at radius 2 is 2.22 bits per heavy atom. The van der Waals surface area contributed by atoms with Gasteiger partial charge in [0, 0.05) is 10.4 Å². The number of hydrogen-bond acceptors (Lipinski definition) is 5. The van der Waals surface area contributed by atoms with E-state index in [2.05, 4.69) is 15.6 Å². The molecule has 3 rings (SSSR count). The van der Waals surface area contributed by atoms with E-state index in [-0.39, 0.29) is 17.6 Å². The van der Waals surface area contributed by atoms with E-state index in [0.29, 0.717) is 22.7 Å². The van der Waals surface area contributed by atoms with Crippen LogP contribution in [0.15, 0.2) is 18.2 Å². The molecule has 0 unspecified atom stereocenters. The van der Waals surface area contributed by atoms with E-state index in [4.69, 9.17) is 4.74 Å². The number of benzene rings is 1. The molecule has 0 saturated carbocycles. The van der Waals surface area contributed by atoms with Crippen LogP contribution in [0.1, 0.15) is 4.88 Å². The predicted molar refractivity (Wildman–Crippen MR) is 81.0 cm³/mol. The molecule has 9 heteroatoms. The molecule has 2 aromatic rings. The third-order valence-electron chi connectivity index (χ3n) is 3.12. The van der Waals surface area contributed by atoms with Crippen LogP contribution < -0.4 is 15.4 Å². The molecule has 0 fully saturated rings. The van der Waals surface area contributed by atoms with Crippen molar-refractivity contribution in [2.45, 2.75) is 13.1 Å². The molecule has 2 heterocycles. The third-order valence-corrected chi connectivity index (χ3v) is 4.05. The summed E-state index contributed by atoms with van der Waals surface area (Å²) in [7, 11) is 0. The number of thiazole rings is 1. The van der Waals surface area contributed by atoms with Gasteiger partial charge in [-0.05, 0) is 25.1 Å². The highest BCUT2D eigenvalue weighted by Crippen LogP contribution is 2.36. The van der Waals surface area contributed by atoms with Gasteiger partial charge in [0.15, 0.2) is 11.7 Å². The molecule has 1 amide bonds. The smallest absolute Gasteiger partial charge is 0.405 e. The van der Waals surface area contributed by atoms with Crippen LogP contribution in [-0.2, 0) is 4.79 Å². The number of rotatable bonds is 3. The van der Waals surface area contributed by atoms with Crippen molar-refractivity contribution < 1.29 is 22.7 Å². The number of nitrogens with one attached hydrogen (secondary N) is 2. The predicted octanol–water partition coefficient (Wildman–Crippen LogP) is 3.42. The highest BCUT2D eigenvalue weighted by molar-refractivity contribution is 7.16. The number of aromatic nitrogens is 1. The first-order valence-corrected chi connectivity index (χ1v) is 7.48. The number of carbonyl (C=O) groups is 1. The van der Waals surface area contributed by atoms with Crippen molar-refractivity contribution >= 4 is 28.1 Å². The van der Waals surface area contributed by atoms with Gasteiger partial charge in [-0.15, -0.1) is 11.3 Å². The first-order valence-electron chi connectivity index (χ1n) is 6.67. The molecule has 0 radical (unpaired) electrons. The van der Waals surface area contributed by atoms with Crippen LogP contribution >= 0.6 is 11.3 Å². The fraction of sp³-hybridized carbons (Fsp3) is 0.286. The van der Waals surface area contributed by atoms with E-state index in [1.165, 1.54) is 0 Å². The van der Waals surface area contributed by atoms with Crippen molar-refractivity contribution in [2.75, 3.05) is 23.8 Å². The average Bonchev–Trinajstić information content (AvgIpc) is 2.85. The lowest BCUT2D eigenvalue weighted by Gasteiger charge is -2.18. The highest BCUT2D eigenvalue weighted by Gasteiger charge is 2.27. The summed E-state index contributed by atoms with van der Waals surface area (Å²) in [5, 5.41) is 5.16. The van der Waals surface area contributed by atoms with Crippen LogP contribution in [0.5, 0.6) is 5.75 Å². The number of alkyl halides is 3. The number of hydrogen-bond donors (Lipinski definition) is 2. The maximum atomic E-state index is 12.3. The van der Waals surface area contributed by atoms with Crippen molar-refractivity contribution in [3.05, 3.63) is 23.1 Å². The summed E-state index contributed by atoms with van der Waals surface area (Å²) in [5.41, 5.74) is 1.79. The van der Waals surface area contributed by atoms with Gasteiger partial charge in [-0.25, -0.2) is 4.98 Å². The van der Waals surface area contributed by atoms with Crippen LogP contribution in [0.3, 0.4) is 0 Å². The number of nitrogens with zero attached hydrogens (tertiary/aromatic N) is 1. The van der Waals surface area contributed by atoms with Gasteiger partial charge in [0.1, 0.15) is 12.3 Å². The molecule has 0 spiro atoms. The molecule has 122 valence electrons. The van der Waals surface area contributed by atoms with Gasteiger partial charge >= 0.3 is 6.18 Å². The van der Waals surface area contributed by atoms with Gasteiger partial charge in [-0.2, -0.15) is 13.2 Å². The number of aryl methyl sites for hydroxylation is 1. The number of anilines is 2. The van der Waals surface area contributed by atoms with Crippen LogP contribution in [0, 0.1) is 6.92 Å². The Morgan fingerprint density at radius 1 is 1.43 bits per heavy atom. The molecule has 0 bridgehead atoms. The minimum atomic E-state index is -4.30. The Kier molecular flexibility index (Phi) is 3.88. The second-order valence-electron chi connectivity index (χ2n) is 4.94. The highest BCUT2D eigenvalue weighted by atomic mass is 32.1. The molecule has 5 nitrogen and oxygen atoms in total. The average molecular weight is 343 g/mol. The molecular formula is C14H12F3N3O2S. The Bertz CT molecular complexity index is 758. The maximum absolute atomic E-state index is 12.3. The number of ether oxygens (including phenoxy) is 1. The van der Waals surface area contributed by atoms with Gasteiger partial charge in [0.2, 0.25) is 0 Å². The maximum Gasteiger partial charge on any atom is 0.405 e.